The molecule has 92 heavy (non-hydrogen) atoms. The zero-order chi connectivity index (χ0) is 62.4. The molecule has 4 unspecified atom stereocenters. The van der Waals surface area contributed by atoms with Gasteiger partial charge in [-0.2, -0.15) is 0 Å². The van der Waals surface area contributed by atoms with Gasteiger partial charge in [0.15, 0.2) is 16.1 Å². The maximum absolute atomic E-state index is 2.97. The van der Waals surface area contributed by atoms with E-state index in [1.807, 2.05) is 0 Å². The number of hydrogen-bond acceptors (Lipinski definition) is 3. The summed E-state index contributed by atoms with van der Waals surface area (Å²) in [5, 5.41) is 11.0. The Morgan fingerprint density at radius 3 is 1.08 bits per heavy atom. The lowest BCUT2D eigenvalue weighted by molar-refractivity contribution is 0.194. The molecule has 0 amide bonds. The van der Waals surface area contributed by atoms with Crippen molar-refractivity contribution < 1.29 is 0 Å². The summed E-state index contributed by atoms with van der Waals surface area (Å²) in [7, 11) is -5.74. The van der Waals surface area contributed by atoms with E-state index >= 15 is 0 Å². The van der Waals surface area contributed by atoms with Gasteiger partial charge >= 0.3 is 0 Å². The summed E-state index contributed by atoms with van der Waals surface area (Å²) < 4.78 is 0. The fourth-order valence-corrected chi connectivity index (χ4v) is 29.0. The monoisotopic (exact) mass is 1220 g/mol. The summed E-state index contributed by atoms with van der Waals surface area (Å²) in [6.07, 6.45) is 9.61. The van der Waals surface area contributed by atoms with Crippen LogP contribution in [0.2, 0.25) is 0 Å². The quantitative estimate of drug-likeness (QED) is 0.0944. The second kappa shape index (κ2) is 20.9. The summed E-state index contributed by atoms with van der Waals surface area (Å²) in [6.45, 7) is 18.0. The SMILES string of the molecule is CC(C)(C)c1cc2c3c(c1)C1(C)CCCCC1(C)N3c1cc(N(c3ccc([Si](c4ccccc4)(c4ccccc4)c4ccccc4)cc3)c3ccc([Si](c4ccccc4)(c4ccccc4)c4ccccc4)cc3)cc3c1B2c1cccc2c1N3C1(C)CCCCC21C. The van der Waals surface area contributed by atoms with Crippen LogP contribution in [0.5, 0.6) is 0 Å². The predicted octanol–water partition coefficient (Wildman–Crippen LogP) is 13.8. The van der Waals surface area contributed by atoms with E-state index in [-0.39, 0.29) is 34.0 Å². The summed E-state index contributed by atoms with van der Waals surface area (Å²) in [4.78, 5) is 8.58. The summed E-state index contributed by atoms with van der Waals surface area (Å²) in [5.41, 5.74) is 17.9. The van der Waals surface area contributed by atoms with Crippen LogP contribution in [0.15, 0.2) is 273 Å². The van der Waals surface area contributed by atoms with Crippen LogP contribution in [-0.2, 0) is 16.2 Å². The molecule has 2 saturated carbocycles. The van der Waals surface area contributed by atoms with E-state index in [1.165, 1.54) is 130 Å². The van der Waals surface area contributed by atoms with Crippen molar-refractivity contribution in [1.82, 2.24) is 0 Å². The largest absolute Gasteiger partial charge is 0.335 e. The molecule has 11 aromatic rings. The molecule has 0 spiro atoms. The van der Waals surface area contributed by atoms with Gasteiger partial charge in [0.1, 0.15) is 0 Å². The molecule has 0 saturated heterocycles. The van der Waals surface area contributed by atoms with Gasteiger partial charge in [0, 0.05) is 45.0 Å². The molecule has 2 aliphatic carbocycles. The first kappa shape index (κ1) is 57.2. The van der Waals surface area contributed by atoms with Crippen LogP contribution < -0.4 is 72.6 Å². The first-order chi connectivity index (χ1) is 44.7. The van der Waals surface area contributed by atoms with Crippen LogP contribution in [0, 0.1) is 0 Å². The maximum Gasteiger partial charge on any atom is 0.252 e. The van der Waals surface area contributed by atoms with Crippen LogP contribution in [0.25, 0.3) is 0 Å². The fourth-order valence-electron chi connectivity index (χ4n) is 19.5. The second-order valence-electron chi connectivity index (χ2n) is 29.7. The number of nitrogens with zero attached hydrogens (tertiary/aromatic N) is 3. The molecule has 0 aromatic heterocycles. The Morgan fingerprint density at radius 2 is 0.696 bits per heavy atom. The molecule has 17 rings (SSSR count). The number of para-hydroxylation sites is 1. The van der Waals surface area contributed by atoms with E-state index in [4.69, 9.17) is 0 Å². The van der Waals surface area contributed by atoms with Gasteiger partial charge < -0.3 is 14.7 Å². The normalized spacial score (nSPS) is 21.6. The second-order valence-corrected chi connectivity index (χ2v) is 37.3. The minimum Gasteiger partial charge on any atom is -0.335 e. The van der Waals surface area contributed by atoms with Gasteiger partial charge in [-0.1, -0.05) is 297 Å². The summed E-state index contributed by atoms with van der Waals surface area (Å²) >= 11 is 0. The van der Waals surface area contributed by atoms with E-state index < -0.39 is 16.1 Å². The first-order valence-corrected chi connectivity index (χ1v) is 38.2. The molecule has 3 nitrogen and oxygen atoms in total. The van der Waals surface area contributed by atoms with E-state index in [9.17, 15) is 0 Å². The highest BCUT2D eigenvalue weighted by Crippen LogP contribution is 2.65. The lowest BCUT2D eigenvalue weighted by Crippen LogP contribution is -2.74. The van der Waals surface area contributed by atoms with Crippen molar-refractivity contribution in [3.63, 3.8) is 0 Å². The first-order valence-electron chi connectivity index (χ1n) is 34.2. The summed E-state index contributed by atoms with van der Waals surface area (Å²) in [5.74, 6) is 0. The Hall–Kier alpha value is -8.68. The average Bonchev–Trinajstić information content (AvgIpc) is 1.47. The van der Waals surface area contributed by atoms with Gasteiger partial charge in [-0.05, 0) is 156 Å². The zero-order valence-electron chi connectivity index (χ0n) is 54.6. The van der Waals surface area contributed by atoms with Crippen LogP contribution in [0.1, 0.15) is 117 Å². The lowest BCUT2D eigenvalue weighted by atomic mass is 9.33. The standard InChI is InChI=1S/C86H82BN3Si2/c1-82(2,3)61-57-74-81-76(58-61)87-75-44-30-43-73-80(75)89(85(6)55-28-26-53-83(73,85)4)77-59-64(60-78(79(77)87)90(81)86(7)56-29-27-54-84(74,86)5)88(62-45-49-71(50-46-62)91(65-31-14-8-15-32-65,66-33-16-9-17-34-66)67-35-18-10-19-36-67)63-47-51-72(52-48-63)92(68-37-20-11-21-38-68,69-39-22-12-23-40-69)70-41-24-13-25-42-70/h8-25,30-52,57-60H,26-29,53-56H2,1-7H3. The van der Waals surface area contributed by atoms with Crippen molar-refractivity contribution in [2.24, 2.45) is 0 Å². The molecule has 0 radical (unpaired) electrons. The Bertz CT molecular complexity index is 4250. The highest BCUT2D eigenvalue weighted by Gasteiger charge is 2.65. The number of benzene rings is 11. The van der Waals surface area contributed by atoms with E-state index in [1.54, 1.807) is 11.1 Å². The topological polar surface area (TPSA) is 9.72 Å². The molecule has 0 bridgehead atoms. The summed E-state index contributed by atoms with van der Waals surface area (Å²) in [6, 6.07) is 107. The van der Waals surface area contributed by atoms with Crippen molar-refractivity contribution in [2.45, 2.75) is 127 Å². The van der Waals surface area contributed by atoms with Gasteiger partial charge in [-0.15, -0.1) is 0 Å². The Morgan fingerprint density at radius 1 is 0.348 bits per heavy atom. The van der Waals surface area contributed by atoms with Gasteiger partial charge in [0.25, 0.3) is 6.71 Å². The van der Waals surface area contributed by atoms with Crippen LogP contribution in [-0.4, -0.2) is 33.9 Å². The van der Waals surface area contributed by atoms with Gasteiger partial charge in [-0.25, -0.2) is 0 Å². The van der Waals surface area contributed by atoms with Gasteiger partial charge in [-0.3, -0.25) is 0 Å². The molecule has 4 heterocycles. The molecule has 11 aromatic carbocycles. The van der Waals surface area contributed by atoms with Gasteiger partial charge in [0.2, 0.25) is 0 Å². The molecule has 2 fully saturated rings. The number of hydrogen-bond donors (Lipinski definition) is 0. The maximum atomic E-state index is 2.97. The predicted molar refractivity (Wildman–Crippen MR) is 397 cm³/mol. The molecular formula is C86H82BN3Si2. The molecular weight excluding hydrogens is 1140 g/mol. The van der Waals surface area contributed by atoms with E-state index in [0.29, 0.717) is 0 Å². The van der Waals surface area contributed by atoms with Crippen molar-refractivity contribution in [2.75, 3.05) is 14.7 Å². The molecule has 4 atom stereocenters. The number of fused-ring (bicyclic) bond motifs is 10. The molecule has 0 N–H and O–H groups in total. The zero-order valence-corrected chi connectivity index (χ0v) is 56.6. The van der Waals surface area contributed by atoms with Crippen molar-refractivity contribution >= 4 is 121 Å². The van der Waals surface area contributed by atoms with Crippen LogP contribution >= 0.6 is 0 Å². The highest BCUT2D eigenvalue weighted by molar-refractivity contribution is 7.20. The van der Waals surface area contributed by atoms with Crippen molar-refractivity contribution in [1.29, 1.82) is 0 Å². The van der Waals surface area contributed by atoms with Crippen molar-refractivity contribution in [3.05, 3.63) is 290 Å². The third-order valence-electron chi connectivity index (χ3n) is 24.4. The van der Waals surface area contributed by atoms with E-state index in [0.717, 1.165) is 24.2 Å². The molecule has 6 aliphatic rings. The Labute approximate surface area is 548 Å². The Balaban J connectivity index is 0.954. The third kappa shape index (κ3) is 7.80. The van der Waals surface area contributed by atoms with Crippen molar-refractivity contribution in [3.8, 4) is 0 Å². The highest BCUT2D eigenvalue weighted by atomic mass is 28.3. The van der Waals surface area contributed by atoms with Gasteiger partial charge in [0.05, 0.1) is 16.8 Å². The smallest absolute Gasteiger partial charge is 0.252 e. The lowest BCUT2D eigenvalue weighted by Gasteiger charge is -2.55. The third-order valence-corrected chi connectivity index (χ3v) is 34.0. The molecule has 4 aliphatic heterocycles. The number of rotatable bonds is 11. The number of anilines is 7. The van der Waals surface area contributed by atoms with E-state index in [2.05, 4.69) is 336 Å². The Kier molecular flexibility index (Phi) is 13.0. The van der Waals surface area contributed by atoms with Crippen LogP contribution in [0.3, 0.4) is 0 Å². The molecule has 452 valence electrons. The minimum absolute atomic E-state index is 0.0228. The molecule has 6 heteroatoms. The minimum atomic E-state index is -2.87. The van der Waals surface area contributed by atoms with Crippen LogP contribution in [0.4, 0.5) is 39.8 Å². The average molecular weight is 1220 g/mol. The fraction of sp³-hybridized carbons (Fsp3) is 0.233.